The first-order valence-corrected chi connectivity index (χ1v) is 7.27. The lowest BCUT2D eigenvalue weighted by atomic mass is 10.2. The highest BCUT2D eigenvalue weighted by Crippen LogP contribution is 2.14. The van der Waals surface area contributed by atoms with E-state index >= 15 is 0 Å². The topological polar surface area (TPSA) is 89.9 Å². The number of aliphatic carboxylic acids is 1. The minimum Gasteiger partial charge on any atom is -0.479 e. The Morgan fingerprint density at radius 1 is 1.45 bits per heavy atom. The largest absolute Gasteiger partial charge is 0.479 e. The van der Waals surface area contributed by atoms with Crippen LogP contribution in [0.15, 0.2) is 17.5 Å². The van der Waals surface area contributed by atoms with E-state index in [0.717, 1.165) is 4.88 Å². The molecule has 6 nitrogen and oxygen atoms in total. The van der Waals surface area contributed by atoms with Crippen molar-refractivity contribution in [3.8, 4) is 0 Å². The highest BCUT2D eigenvalue weighted by atomic mass is 32.1. The van der Waals surface area contributed by atoms with E-state index in [-0.39, 0.29) is 25.0 Å². The second-order valence-electron chi connectivity index (χ2n) is 4.68. The smallest absolute Gasteiger partial charge is 0.332 e. The van der Waals surface area contributed by atoms with E-state index in [4.69, 9.17) is 10.2 Å². The monoisotopic (exact) mass is 300 g/mol. The van der Waals surface area contributed by atoms with Gasteiger partial charge in [-0.2, -0.15) is 0 Å². The molecule has 7 heteroatoms. The lowest BCUT2D eigenvalue weighted by molar-refractivity contribution is -0.146. The Kier molecular flexibility index (Phi) is 6.47. The van der Waals surface area contributed by atoms with Crippen molar-refractivity contribution < 1.29 is 19.8 Å². The zero-order chi connectivity index (χ0) is 15.1. The first-order valence-electron chi connectivity index (χ1n) is 6.39. The standard InChI is InChI=1S/C13H20N2O4S/c1-9(2)15(8-10-4-3-7-20-10)13(19)14-6-5-11(16)12(17)18/h3-4,7,9,11,16H,5-6,8H2,1-2H3,(H,14,19)(H,17,18)/t11-/m0/s1. The number of hydrogen-bond donors (Lipinski definition) is 3. The Labute approximate surface area is 122 Å². The van der Waals surface area contributed by atoms with Gasteiger partial charge >= 0.3 is 12.0 Å². The summed E-state index contributed by atoms with van der Waals surface area (Å²) >= 11 is 1.58. The Bertz CT molecular complexity index is 434. The van der Waals surface area contributed by atoms with E-state index in [0.29, 0.717) is 6.54 Å². The number of thiophene rings is 1. The van der Waals surface area contributed by atoms with Gasteiger partial charge in [-0.05, 0) is 25.3 Å². The van der Waals surface area contributed by atoms with Crippen molar-refractivity contribution in [1.29, 1.82) is 0 Å². The molecular weight excluding hydrogens is 280 g/mol. The summed E-state index contributed by atoms with van der Waals surface area (Å²) < 4.78 is 0. The Morgan fingerprint density at radius 3 is 2.65 bits per heavy atom. The molecule has 0 saturated carbocycles. The number of rotatable bonds is 7. The summed E-state index contributed by atoms with van der Waals surface area (Å²) in [6.07, 6.45) is -1.45. The molecule has 2 amide bonds. The van der Waals surface area contributed by atoms with Gasteiger partial charge in [0.2, 0.25) is 0 Å². The van der Waals surface area contributed by atoms with E-state index in [9.17, 15) is 9.59 Å². The van der Waals surface area contributed by atoms with Gasteiger partial charge in [-0.25, -0.2) is 9.59 Å². The van der Waals surface area contributed by atoms with Crippen molar-refractivity contribution in [3.63, 3.8) is 0 Å². The number of carboxylic acids is 1. The first-order chi connectivity index (χ1) is 9.41. The molecule has 1 aromatic heterocycles. The van der Waals surface area contributed by atoms with Gasteiger partial charge in [0, 0.05) is 23.9 Å². The van der Waals surface area contributed by atoms with Gasteiger partial charge < -0.3 is 20.4 Å². The van der Waals surface area contributed by atoms with Gasteiger partial charge in [0.15, 0.2) is 6.10 Å². The molecule has 1 heterocycles. The third-order valence-electron chi connectivity index (χ3n) is 2.77. The fourth-order valence-electron chi connectivity index (χ4n) is 1.60. The Balaban J connectivity index is 2.46. The number of carboxylic acid groups (broad SMARTS) is 1. The summed E-state index contributed by atoms with van der Waals surface area (Å²) in [5.41, 5.74) is 0. The number of aliphatic hydroxyl groups excluding tert-OH is 1. The minimum atomic E-state index is -1.44. The van der Waals surface area contributed by atoms with E-state index < -0.39 is 12.1 Å². The molecule has 0 aliphatic rings. The number of urea groups is 1. The number of aliphatic hydroxyl groups is 1. The fourth-order valence-corrected chi connectivity index (χ4v) is 2.30. The number of amides is 2. The molecule has 0 radical (unpaired) electrons. The van der Waals surface area contributed by atoms with Crippen LogP contribution in [0.25, 0.3) is 0 Å². The number of hydrogen-bond acceptors (Lipinski definition) is 4. The van der Waals surface area contributed by atoms with Gasteiger partial charge in [-0.15, -0.1) is 11.3 Å². The molecule has 1 aromatic rings. The lowest BCUT2D eigenvalue weighted by Gasteiger charge is -2.26. The molecule has 0 fully saturated rings. The molecule has 0 aliphatic heterocycles. The minimum absolute atomic E-state index is 0.00793. The number of nitrogens with one attached hydrogen (secondary N) is 1. The quantitative estimate of drug-likeness (QED) is 0.712. The van der Waals surface area contributed by atoms with Crippen LogP contribution < -0.4 is 5.32 Å². The maximum Gasteiger partial charge on any atom is 0.332 e. The average Bonchev–Trinajstić information content (AvgIpc) is 2.87. The van der Waals surface area contributed by atoms with E-state index in [1.54, 1.807) is 16.2 Å². The molecular formula is C13H20N2O4S. The first kappa shape index (κ1) is 16.5. The third kappa shape index (κ3) is 5.18. The van der Waals surface area contributed by atoms with Crippen LogP contribution in [0.2, 0.25) is 0 Å². The van der Waals surface area contributed by atoms with Gasteiger partial charge in [0.05, 0.1) is 6.54 Å². The van der Waals surface area contributed by atoms with Gasteiger partial charge in [-0.3, -0.25) is 0 Å². The zero-order valence-corrected chi connectivity index (χ0v) is 12.4. The summed E-state index contributed by atoms with van der Waals surface area (Å²) in [6, 6.07) is 3.66. The van der Waals surface area contributed by atoms with Gasteiger partial charge in [0.25, 0.3) is 0 Å². The highest BCUT2D eigenvalue weighted by molar-refractivity contribution is 7.09. The predicted octanol–water partition coefficient (Wildman–Crippen LogP) is 1.50. The van der Waals surface area contributed by atoms with Crippen LogP contribution in [0.1, 0.15) is 25.1 Å². The van der Waals surface area contributed by atoms with Crippen LogP contribution in [0, 0.1) is 0 Å². The number of nitrogens with zero attached hydrogens (tertiary/aromatic N) is 1. The summed E-state index contributed by atoms with van der Waals surface area (Å²) in [6.45, 7) is 4.47. The molecule has 3 N–H and O–H groups in total. The number of carbonyl (C=O) groups excluding carboxylic acids is 1. The molecule has 112 valence electrons. The molecule has 0 aromatic carbocycles. The Hall–Kier alpha value is -1.60. The molecule has 1 rings (SSSR count). The van der Waals surface area contributed by atoms with Crippen molar-refractivity contribution in [2.75, 3.05) is 6.54 Å². The van der Waals surface area contributed by atoms with Crippen molar-refractivity contribution >= 4 is 23.3 Å². The van der Waals surface area contributed by atoms with E-state index in [2.05, 4.69) is 5.32 Å². The molecule has 1 atom stereocenters. The molecule has 20 heavy (non-hydrogen) atoms. The van der Waals surface area contributed by atoms with Crippen molar-refractivity contribution in [1.82, 2.24) is 10.2 Å². The van der Waals surface area contributed by atoms with Crippen molar-refractivity contribution in [2.24, 2.45) is 0 Å². The molecule has 0 bridgehead atoms. The fraction of sp³-hybridized carbons (Fsp3) is 0.538. The molecule has 0 saturated heterocycles. The van der Waals surface area contributed by atoms with Crippen LogP contribution in [-0.4, -0.2) is 45.8 Å². The van der Waals surface area contributed by atoms with Crippen LogP contribution in [0.5, 0.6) is 0 Å². The molecule has 0 aliphatic carbocycles. The third-order valence-corrected chi connectivity index (χ3v) is 3.63. The van der Waals surface area contributed by atoms with Crippen LogP contribution in [0.4, 0.5) is 4.79 Å². The second-order valence-corrected chi connectivity index (χ2v) is 5.71. The Morgan fingerprint density at radius 2 is 2.15 bits per heavy atom. The van der Waals surface area contributed by atoms with Gasteiger partial charge in [-0.1, -0.05) is 6.07 Å². The SMILES string of the molecule is CC(C)N(Cc1cccs1)C(=O)NCC[C@H](O)C(=O)O. The predicted molar refractivity (Wildman–Crippen MR) is 76.7 cm³/mol. The average molecular weight is 300 g/mol. The summed E-state index contributed by atoms with van der Waals surface area (Å²) in [4.78, 5) is 25.3. The van der Waals surface area contributed by atoms with E-state index in [1.807, 2.05) is 31.4 Å². The summed E-state index contributed by atoms with van der Waals surface area (Å²) in [5, 5.41) is 22.3. The van der Waals surface area contributed by atoms with Crippen molar-refractivity contribution in [2.45, 2.75) is 39.0 Å². The summed E-state index contributed by atoms with van der Waals surface area (Å²) in [7, 11) is 0. The highest BCUT2D eigenvalue weighted by Gasteiger charge is 2.18. The maximum atomic E-state index is 12.1. The number of carbonyl (C=O) groups is 2. The maximum absolute atomic E-state index is 12.1. The molecule has 0 unspecified atom stereocenters. The second kappa shape index (κ2) is 7.86. The zero-order valence-electron chi connectivity index (χ0n) is 11.6. The van der Waals surface area contributed by atoms with E-state index in [1.165, 1.54) is 0 Å². The van der Waals surface area contributed by atoms with Crippen LogP contribution in [0.3, 0.4) is 0 Å². The lowest BCUT2D eigenvalue weighted by Crippen LogP contribution is -2.44. The van der Waals surface area contributed by atoms with Gasteiger partial charge in [0.1, 0.15) is 0 Å². The van der Waals surface area contributed by atoms with Crippen LogP contribution in [-0.2, 0) is 11.3 Å². The molecule has 0 spiro atoms. The van der Waals surface area contributed by atoms with Crippen LogP contribution >= 0.6 is 11.3 Å². The summed E-state index contributed by atoms with van der Waals surface area (Å²) in [5.74, 6) is -1.28. The van der Waals surface area contributed by atoms with Crippen molar-refractivity contribution in [3.05, 3.63) is 22.4 Å². The normalized spacial score (nSPS) is 12.2.